The third-order valence-electron chi connectivity index (χ3n) is 2.60. The number of likely N-dealkylation sites (tertiary alicyclic amines) is 1. The van der Waals surface area contributed by atoms with Crippen LogP contribution < -0.4 is 5.32 Å². The van der Waals surface area contributed by atoms with Crippen molar-refractivity contribution in [1.29, 1.82) is 0 Å². The highest BCUT2D eigenvalue weighted by Gasteiger charge is 2.19. The Morgan fingerprint density at radius 1 is 1.20 bits per heavy atom. The summed E-state index contributed by atoms with van der Waals surface area (Å²) in [7, 11) is 0. The molecule has 15 heavy (non-hydrogen) atoms. The summed E-state index contributed by atoms with van der Waals surface area (Å²) in [5.74, 6) is -1.00. The number of carbonyl (C=O) groups excluding carboxylic acids is 1. The number of amides is 2. The van der Waals surface area contributed by atoms with E-state index >= 15 is 0 Å². The molecule has 0 unspecified atom stereocenters. The van der Waals surface area contributed by atoms with Gasteiger partial charge in [0, 0.05) is 13.1 Å². The van der Waals surface area contributed by atoms with Crippen LogP contribution in [0.15, 0.2) is 0 Å². The summed E-state index contributed by atoms with van der Waals surface area (Å²) in [6.07, 6.45) is 4.32. The first-order valence-corrected chi connectivity index (χ1v) is 5.39. The zero-order chi connectivity index (χ0) is 11.3. The van der Waals surface area contributed by atoms with E-state index in [4.69, 9.17) is 5.11 Å². The fourth-order valence-electron chi connectivity index (χ4n) is 1.61. The van der Waals surface area contributed by atoms with Gasteiger partial charge in [-0.2, -0.15) is 0 Å². The highest BCUT2D eigenvalue weighted by molar-refractivity contribution is 5.82. The van der Waals surface area contributed by atoms with Gasteiger partial charge in [0.05, 0.1) is 0 Å². The molecular formula is C10H18N2O3. The van der Waals surface area contributed by atoms with Gasteiger partial charge in [0.15, 0.2) is 0 Å². The fourth-order valence-corrected chi connectivity index (χ4v) is 1.61. The average Bonchev–Trinajstić information content (AvgIpc) is 2.45. The molecule has 1 aliphatic heterocycles. The molecule has 0 aromatic heterocycles. The minimum Gasteiger partial charge on any atom is -0.480 e. The van der Waals surface area contributed by atoms with Crippen molar-refractivity contribution in [3.05, 3.63) is 0 Å². The van der Waals surface area contributed by atoms with Crippen LogP contribution in [0.5, 0.6) is 0 Å². The van der Waals surface area contributed by atoms with E-state index in [1.165, 1.54) is 6.92 Å². The van der Waals surface area contributed by atoms with E-state index in [2.05, 4.69) is 5.32 Å². The maximum absolute atomic E-state index is 11.6. The molecule has 86 valence electrons. The van der Waals surface area contributed by atoms with Gasteiger partial charge in [0.1, 0.15) is 6.04 Å². The number of rotatable bonds is 2. The fraction of sp³-hybridized carbons (Fsp3) is 0.800. The van der Waals surface area contributed by atoms with E-state index in [1.54, 1.807) is 4.90 Å². The van der Waals surface area contributed by atoms with Crippen LogP contribution in [0, 0.1) is 0 Å². The molecular weight excluding hydrogens is 196 g/mol. The molecule has 1 heterocycles. The Balaban J connectivity index is 2.41. The summed E-state index contributed by atoms with van der Waals surface area (Å²) in [5, 5.41) is 11.1. The summed E-state index contributed by atoms with van der Waals surface area (Å²) in [4.78, 5) is 23.9. The normalized spacial score (nSPS) is 19.1. The number of urea groups is 1. The number of carboxylic acids is 1. The van der Waals surface area contributed by atoms with Gasteiger partial charge in [-0.1, -0.05) is 12.8 Å². The van der Waals surface area contributed by atoms with Gasteiger partial charge >= 0.3 is 12.0 Å². The van der Waals surface area contributed by atoms with Crippen LogP contribution in [0.4, 0.5) is 4.79 Å². The Bertz CT molecular complexity index is 235. The summed E-state index contributed by atoms with van der Waals surface area (Å²) in [6, 6.07) is -1.08. The lowest BCUT2D eigenvalue weighted by molar-refractivity contribution is -0.138. The number of carbonyl (C=O) groups is 2. The predicted octanol–water partition coefficient (Wildman–Crippen LogP) is 1.05. The predicted molar refractivity (Wildman–Crippen MR) is 55.7 cm³/mol. The van der Waals surface area contributed by atoms with Crippen molar-refractivity contribution >= 4 is 12.0 Å². The summed E-state index contributed by atoms with van der Waals surface area (Å²) < 4.78 is 0. The lowest BCUT2D eigenvalue weighted by Gasteiger charge is -2.22. The maximum atomic E-state index is 11.6. The molecule has 1 fully saturated rings. The van der Waals surface area contributed by atoms with Gasteiger partial charge in [0.2, 0.25) is 0 Å². The monoisotopic (exact) mass is 214 g/mol. The van der Waals surface area contributed by atoms with Crippen molar-refractivity contribution in [2.45, 2.75) is 38.6 Å². The van der Waals surface area contributed by atoms with Gasteiger partial charge < -0.3 is 15.3 Å². The molecule has 0 aliphatic carbocycles. The van der Waals surface area contributed by atoms with Gasteiger partial charge in [-0.25, -0.2) is 4.79 Å². The quantitative estimate of drug-likeness (QED) is 0.721. The standard InChI is InChI=1S/C10H18N2O3/c1-8(9(13)14)11-10(15)12-6-4-2-3-5-7-12/h8H,2-7H2,1H3,(H,11,15)(H,13,14)/t8-/m1/s1. The van der Waals surface area contributed by atoms with Gasteiger partial charge in [-0.15, -0.1) is 0 Å². The molecule has 1 saturated heterocycles. The Morgan fingerprint density at radius 3 is 2.20 bits per heavy atom. The summed E-state index contributed by atoms with van der Waals surface area (Å²) in [6.45, 7) is 2.94. The second kappa shape index (κ2) is 5.58. The molecule has 0 saturated carbocycles. The first-order valence-electron chi connectivity index (χ1n) is 5.39. The first-order chi connectivity index (χ1) is 7.11. The second-order valence-corrected chi connectivity index (χ2v) is 3.91. The SMILES string of the molecule is C[C@@H](NC(=O)N1CCCCCC1)C(=O)O. The zero-order valence-corrected chi connectivity index (χ0v) is 9.03. The lowest BCUT2D eigenvalue weighted by atomic mass is 10.2. The van der Waals surface area contributed by atoms with Crippen LogP contribution in [0.25, 0.3) is 0 Å². The minimum atomic E-state index is -1.00. The van der Waals surface area contributed by atoms with Crippen LogP contribution >= 0.6 is 0 Å². The molecule has 2 N–H and O–H groups in total. The molecule has 5 nitrogen and oxygen atoms in total. The third-order valence-corrected chi connectivity index (χ3v) is 2.60. The number of hydrogen-bond acceptors (Lipinski definition) is 2. The van der Waals surface area contributed by atoms with Crippen LogP contribution in [0.3, 0.4) is 0 Å². The molecule has 0 radical (unpaired) electrons. The Kier molecular flexibility index (Phi) is 4.39. The highest BCUT2D eigenvalue weighted by atomic mass is 16.4. The average molecular weight is 214 g/mol. The third kappa shape index (κ3) is 3.77. The molecule has 0 aromatic rings. The van der Waals surface area contributed by atoms with Crippen molar-refractivity contribution in [3.8, 4) is 0 Å². The van der Waals surface area contributed by atoms with Crippen LogP contribution in [0.2, 0.25) is 0 Å². The zero-order valence-electron chi connectivity index (χ0n) is 9.03. The maximum Gasteiger partial charge on any atom is 0.325 e. The Labute approximate surface area is 89.4 Å². The topological polar surface area (TPSA) is 69.6 Å². The van der Waals surface area contributed by atoms with E-state index in [-0.39, 0.29) is 6.03 Å². The van der Waals surface area contributed by atoms with E-state index in [1.807, 2.05) is 0 Å². The number of nitrogens with zero attached hydrogens (tertiary/aromatic N) is 1. The Hall–Kier alpha value is -1.26. The smallest absolute Gasteiger partial charge is 0.325 e. The molecule has 0 bridgehead atoms. The van der Waals surface area contributed by atoms with Crippen LogP contribution in [-0.2, 0) is 4.79 Å². The number of aliphatic carboxylic acids is 1. The van der Waals surface area contributed by atoms with E-state index in [9.17, 15) is 9.59 Å². The van der Waals surface area contributed by atoms with Gasteiger partial charge in [0.25, 0.3) is 0 Å². The molecule has 1 rings (SSSR count). The number of carboxylic acid groups (broad SMARTS) is 1. The molecule has 2 amide bonds. The second-order valence-electron chi connectivity index (χ2n) is 3.91. The van der Waals surface area contributed by atoms with Crippen molar-refractivity contribution in [2.24, 2.45) is 0 Å². The molecule has 1 aliphatic rings. The largest absolute Gasteiger partial charge is 0.480 e. The van der Waals surface area contributed by atoms with E-state index in [0.717, 1.165) is 38.8 Å². The van der Waals surface area contributed by atoms with Crippen molar-refractivity contribution in [1.82, 2.24) is 10.2 Å². The number of hydrogen-bond donors (Lipinski definition) is 2. The highest BCUT2D eigenvalue weighted by Crippen LogP contribution is 2.09. The molecule has 5 heteroatoms. The van der Waals surface area contributed by atoms with Crippen molar-refractivity contribution in [3.63, 3.8) is 0 Å². The van der Waals surface area contributed by atoms with Gasteiger partial charge in [-0.05, 0) is 19.8 Å². The Morgan fingerprint density at radius 2 is 1.73 bits per heavy atom. The minimum absolute atomic E-state index is 0.258. The first kappa shape index (κ1) is 11.8. The van der Waals surface area contributed by atoms with Gasteiger partial charge in [-0.3, -0.25) is 4.79 Å². The van der Waals surface area contributed by atoms with Crippen molar-refractivity contribution < 1.29 is 14.7 Å². The molecule has 0 spiro atoms. The van der Waals surface area contributed by atoms with E-state index < -0.39 is 12.0 Å². The molecule has 0 aromatic carbocycles. The van der Waals surface area contributed by atoms with Crippen molar-refractivity contribution in [2.75, 3.05) is 13.1 Å². The van der Waals surface area contributed by atoms with Crippen LogP contribution in [0.1, 0.15) is 32.6 Å². The number of nitrogens with one attached hydrogen (secondary N) is 1. The lowest BCUT2D eigenvalue weighted by Crippen LogP contribution is -2.46. The summed E-state index contributed by atoms with van der Waals surface area (Å²) >= 11 is 0. The van der Waals surface area contributed by atoms with Crippen LogP contribution in [-0.4, -0.2) is 41.1 Å². The van der Waals surface area contributed by atoms with E-state index in [0.29, 0.717) is 0 Å². The molecule has 1 atom stereocenters. The summed E-state index contributed by atoms with van der Waals surface area (Å²) in [5.41, 5.74) is 0.